The van der Waals surface area contributed by atoms with E-state index in [1.54, 1.807) is 20.8 Å². The van der Waals surface area contributed by atoms with Gasteiger partial charge in [0.2, 0.25) is 0 Å². The number of halogens is 4. The molecule has 1 aromatic heterocycles. The average molecular weight is 555 g/mol. The Morgan fingerprint density at radius 3 is 2.61 bits per heavy atom. The molecule has 2 N–H and O–H groups in total. The number of fused-ring (bicyclic) bond motifs is 1. The zero-order valence-electron chi connectivity index (χ0n) is 21.0. The monoisotopic (exact) mass is 554 g/mol. The summed E-state index contributed by atoms with van der Waals surface area (Å²) in [6.45, 7) is 5.07. The highest BCUT2D eigenvalue weighted by molar-refractivity contribution is 6.31. The maximum atomic E-state index is 15.7. The smallest absolute Gasteiger partial charge is 0.409 e. The number of benzene rings is 2. The molecule has 1 fully saturated rings. The zero-order valence-corrected chi connectivity index (χ0v) is 21.7. The largest absolute Gasteiger partial charge is 0.493 e. The summed E-state index contributed by atoms with van der Waals surface area (Å²) in [5.74, 6) is -1.40. The van der Waals surface area contributed by atoms with Crippen molar-refractivity contribution in [3.05, 3.63) is 47.2 Å². The number of nitrogens with one attached hydrogen (secondary N) is 1. The normalized spacial score (nSPS) is 19.9. The Bertz CT molecular complexity index is 1360. The minimum atomic E-state index is -1.82. The SMILES string of the molecule is COc1cc2ncnc(Nc3ccc(F)c(Cl)c3F)c2cc1OC1CCN(C(=O)O)C(OC(C)(C)C)C1F. The minimum absolute atomic E-state index is 0.0163. The summed E-state index contributed by atoms with van der Waals surface area (Å²) in [4.78, 5) is 21.0. The second-order valence-corrected chi connectivity index (χ2v) is 9.95. The number of amides is 1. The molecule has 0 radical (unpaired) electrons. The molecule has 9 nitrogen and oxygen atoms in total. The lowest BCUT2D eigenvalue weighted by atomic mass is 10.0. The van der Waals surface area contributed by atoms with E-state index in [1.807, 2.05) is 0 Å². The van der Waals surface area contributed by atoms with Gasteiger partial charge in [0.15, 0.2) is 29.7 Å². The lowest BCUT2D eigenvalue weighted by Gasteiger charge is -2.42. The Morgan fingerprint density at radius 1 is 1.21 bits per heavy atom. The molecule has 0 saturated carbocycles. The fourth-order valence-corrected chi connectivity index (χ4v) is 4.22. The summed E-state index contributed by atoms with van der Waals surface area (Å²) in [7, 11) is 1.40. The van der Waals surface area contributed by atoms with Crippen LogP contribution in [0.5, 0.6) is 11.5 Å². The van der Waals surface area contributed by atoms with Crippen molar-refractivity contribution in [3.63, 3.8) is 0 Å². The van der Waals surface area contributed by atoms with Crippen LogP contribution in [0, 0.1) is 11.6 Å². The summed E-state index contributed by atoms with van der Waals surface area (Å²) in [5, 5.41) is 12.0. The van der Waals surface area contributed by atoms with E-state index in [1.165, 1.54) is 31.6 Å². The quantitative estimate of drug-likeness (QED) is 0.361. The first-order valence-corrected chi connectivity index (χ1v) is 12.0. The molecule has 3 aromatic rings. The van der Waals surface area contributed by atoms with Crippen molar-refractivity contribution in [2.45, 2.75) is 51.3 Å². The lowest BCUT2D eigenvalue weighted by molar-refractivity contribution is -0.184. The molecule has 0 bridgehead atoms. The summed E-state index contributed by atoms with van der Waals surface area (Å²) < 4.78 is 60.9. The van der Waals surface area contributed by atoms with E-state index in [4.69, 9.17) is 25.8 Å². The van der Waals surface area contributed by atoms with Crippen molar-refractivity contribution in [1.82, 2.24) is 14.9 Å². The number of anilines is 2. The number of hydrogen-bond donors (Lipinski definition) is 2. The number of piperidine rings is 1. The Balaban J connectivity index is 1.68. The molecular weight excluding hydrogens is 529 g/mol. The van der Waals surface area contributed by atoms with Crippen LogP contribution in [0.3, 0.4) is 0 Å². The molecule has 38 heavy (non-hydrogen) atoms. The third-order valence-electron chi connectivity index (χ3n) is 5.80. The van der Waals surface area contributed by atoms with Crippen LogP contribution in [0.1, 0.15) is 27.2 Å². The summed E-state index contributed by atoms with van der Waals surface area (Å²) >= 11 is 5.69. The molecule has 1 amide bonds. The van der Waals surface area contributed by atoms with Crippen molar-refractivity contribution < 1.29 is 37.3 Å². The van der Waals surface area contributed by atoms with Crippen LogP contribution < -0.4 is 14.8 Å². The first-order chi connectivity index (χ1) is 17.9. The molecule has 0 spiro atoms. The van der Waals surface area contributed by atoms with Gasteiger partial charge in [-0.2, -0.15) is 0 Å². The topological polar surface area (TPSA) is 106 Å². The number of nitrogens with zero attached hydrogens (tertiary/aromatic N) is 3. The first kappa shape index (κ1) is 27.5. The van der Waals surface area contributed by atoms with Gasteiger partial charge >= 0.3 is 6.09 Å². The molecule has 3 atom stereocenters. The van der Waals surface area contributed by atoms with Gasteiger partial charge in [-0.1, -0.05) is 11.6 Å². The van der Waals surface area contributed by atoms with Gasteiger partial charge in [0.05, 0.1) is 23.9 Å². The highest BCUT2D eigenvalue weighted by atomic mass is 35.5. The van der Waals surface area contributed by atoms with E-state index in [-0.39, 0.29) is 36.0 Å². The maximum absolute atomic E-state index is 15.7. The predicted molar refractivity (Wildman–Crippen MR) is 134 cm³/mol. The first-order valence-electron chi connectivity index (χ1n) is 11.6. The molecule has 13 heteroatoms. The van der Waals surface area contributed by atoms with E-state index < -0.39 is 46.9 Å². The third-order valence-corrected chi connectivity index (χ3v) is 6.14. The average Bonchev–Trinajstić information content (AvgIpc) is 2.85. The molecule has 204 valence electrons. The molecule has 1 aliphatic rings. The number of alkyl halides is 1. The molecule has 1 saturated heterocycles. The van der Waals surface area contributed by atoms with E-state index in [0.717, 1.165) is 11.0 Å². The molecular formula is C25H26ClF3N4O5. The van der Waals surface area contributed by atoms with E-state index in [0.29, 0.717) is 10.9 Å². The Morgan fingerprint density at radius 2 is 1.95 bits per heavy atom. The van der Waals surface area contributed by atoms with Crippen molar-refractivity contribution in [2.24, 2.45) is 0 Å². The van der Waals surface area contributed by atoms with E-state index >= 15 is 4.39 Å². The Labute approximate surface area is 221 Å². The number of rotatable bonds is 6. The molecule has 3 unspecified atom stereocenters. The summed E-state index contributed by atoms with van der Waals surface area (Å²) in [6, 6.07) is 5.21. The third kappa shape index (κ3) is 5.65. The van der Waals surface area contributed by atoms with Crippen molar-refractivity contribution >= 4 is 40.1 Å². The van der Waals surface area contributed by atoms with Crippen LogP contribution in [0.4, 0.5) is 29.5 Å². The number of carbonyl (C=O) groups is 1. The standard InChI is InChI=1S/C25H26ClF3N4O5/c1-25(2,3)38-23-21(29)16(7-8-33(23)24(34)35)37-18-9-12-15(10-17(18)36-4)30-11-31-22(12)32-14-6-5-13(27)19(26)20(14)28/h5-6,9-11,16,21,23H,7-8H2,1-4H3,(H,34,35)(H,30,31,32). The molecule has 0 aliphatic carbocycles. The number of ether oxygens (including phenoxy) is 3. The number of carboxylic acid groups (broad SMARTS) is 1. The van der Waals surface area contributed by atoms with Crippen LogP contribution in [-0.4, -0.2) is 63.8 Å². The summed E-state index contributed by atoms with van der Waals surface area (Å²) in [5.41, 5.74) is -0.546. The summed E-state index contributed by atoms with van der Waals surface area (Å²) in [6.07, 6.45) is -4.29. The number of hydrogen-bond acceptors (Lipinski definition) is 7. The van der Waals surface area contributed by atoms with Crippen LogP contribution in [0.15, 0.2) is 30.6 Å². The second kappa shape index (κ2) is 10.7. The molecule has 2 aromatic carbocycles. The van der Waals surface area contributed by atoms with Gasteiger partial charge in [0, 0.05) is 24.4 Å². The van der Waals surface area contributed by atoms with Crippen LogP contribution in [0.25, 0.3) is 10.9 Å². The highest BCUT2D eigenvalue weighted by Crippen LogP contribution is 2.38. The predicted octanol–water partition coefficient (Wildman–Crippen LogP) is 5.92. The highest BCUT2D eigenvalue weighted by Gasteiger charge is 2.45. The maximum Gasteiger partial charge on any atom is 0.409 e. The van der Waals surface area contributed by atoms with Crippen molar-refractivity contribution in [3.8, 4) is 11.5 Å². The minimum Gasteiger partial charge on any atom is -0.493 e. The van der Waals surface area contributed by atoms with E-state index in [9.17, 15) is 18.7 Å². The van der Waals surface area contributed by atoms with Gasteiger partial charge in [-0.05, 0) is 39.0 Å². The van der Waals surface area contributed by atoms with Gasteiger partial charge in [-0.3, -0.25) is 4.90 Å². The molecule has 1 aliphatic heterocycles. The van der Waals surface area contributed by atoms with Gasteiger partial charge in [0.1, 0.15) is 29.1 Å². The fourth-order valence-electron chi connectivity index (χ4n) is 4.06. The van der Waals surface area contributed by atoms with Gasteiger partial charge in [-0.25, -0.2) is 27.9 Å². The van der Waals surface area contributed by atoms with Crippen LogP contribution in [0.2, 0.25) is 5.02 Å². The van der Waals surface area contributed by atoms with Crippen molar-refractivity contribution in [1.29, 1.82) is 0 Å². The Kier molecular flexibility index (Phi) is 7.75. The Hall–Kier alpha value is -3.51. The van der Waals surface area contributed by atoms with Gasteiger partial charge in [0.25, 0.3) is 0 Å². The lowest BCUT2D eigenvalue weighted by Crippen LogP contribution is -2.58. The van der Waals surface area contributed by atoms with Gasteiger partial charge < -0.3 is 24.6 Å². The fraction of sp³-hybridized carbons (Fsp3) is 0.400. The zero-order chi connectivity index (χ0) is 27.8. The van der Waals surface area contributed by atoms with Gasteiger partial charge in [-0.15, -0.1) is 0 Å². The number of methoxy groups -OCH3 is 1. The molecule has 2 heterocycles. The van der Waals surface area contributed by atoms with Crippen molar-refractivity contribution in [2.75, 3.05) is 19.0 Å². The number of likely N-dealkylation sites (tertiary alicyclic amines) is 1. The second-order valence-electron chi connectivity index (χ2n) is 9.58. The van der Waals surface area contributed by atoms with Crippen LogP contribution >= 0.6 is 11.6 Å². The molecule has 4 rings (SSSR count). The number of aromatic nitrogens is 2. The van der Waals surface area contributed by atoms with E-state index in [2.05, 4.69) is 15.3 Å². The van der Waals surface area contributed by atoms with Crippen LogP contribution in [-0.2, 0) is 4.74 Å².